The molecule has 5 N–H and O–H groups in total. The van der Waals surface area contributed by atoms with Crippen LogP contribution in [-0.2, 0) is 4.74 Å². The van der Waals surface area contributed by atoms with E-state index in [0.717, 1.165) is 0 Å². The van der Waals surface area contributed by atoms with E-state index in [1.165, 1.54) is 12.5 Å². The highest BCUT2D eigenvalue weighted by Gasteiger charge is 2.43. The molecule has 102 valence electrons. The van der Waals surface area contributed by atoms with Gasteiger partial charge in [0.2, 0.25) is 0 Å². The summed E-state index contributed by atoms with van der Waals surface area (Å²) in [5.74, 6) is 0.281. The minimum absolute atomic E-state index is 0.281. The lowest BCUT2D eigenvalue weighted by Crippen LogP contribution is -2.33. The Morgan fingerprint density at radius 3 is 2.79 bits per heavy atom. The summed E-state index contributed by atoms with van der Waals surface area (Å²) < 4.78 is 7.01. The molecule has 1 aliphatic rings. The Labute approximate surface area is 108 Å². The van der Waals surface area contributed by atoms with Crippen LogP contribution < -0.4 is 5.73 Å². The molecule has 19 heavy (non-hydrogen) atoms. The van der Waals surface area contributed by atoms with E-state index in [1.807, 2.05) is 0 Å². The molecule has 8 heteroatoms. The van der Waals surface area contributed by atoms with Gasteiger partial charge in [-0.2, -0.15) is 0 Å². The van der Waals surface area contributed by atoms with E-state index < -0.39 is 24.5 Å². The van der Waals surface area contributed by atoms with E-state index in [0.29, 0.717) is 11.0 Å². The van der Waals surface area contributed by atoms with Crippen molar-refractivity contribution in [3.63, 3.8) is 0 Å². The molecule has 0 amide bonds. The Balaban J connectivity index is 2.04. The summed E-state index contributed by atoms with van der Waals surface area (Å²) in [7, 11) is 0. The highest BCUT2D eigenvalue weighted by Crippen LogP contribution is 2.32. The predicted molar refractivity (Wildman–Crippen MR) is 64.9 cm³/mol. The van der Waals surface area contributed by atoms with Crippen LogP contribution >= 0.6 is 0 Å². The van der Waals surface area contributed by atoms with Gasteiger partial charge in [-0.25, -0.2) is 9.97 Å². The zero-order chi connectivity index (χ0) is 13.6. The van der Waals surface area contributed by atoms with Crippen LogP contribution in [0.5, 0.6) is 0 Å². The van der Waals surface area contributed by atoms with E-state index in [2.05, 4.69) is 9.97 Å². The lowest BCUT2D eigenvalue weighted by atomic mass is 10.1. The first-order valence-electron chi connectivity index (χ1n) is 5.83. The lowest BCUT2D eigenvalue weighted by Gasteiger charge is -2.16. The summed E-state index contributed by atoms with van der Waals surface area (Å²) >= 11 is 0. The van der Waals surface area contributed by atoms with Crippen molar-refractivity contribution in [2.75, 3.05) is 12.3 Å². The quantitative estimate of drug-likeness (QED) is 0.528. The lowest BCUT2D eigenvalue weighted by molar-refractivity contribution is -0.0508. The van der Waals surface area contributed by atoms with Gasteiger partial charge in [0.15, 0.2) is 12.0 Å². The van der Waals surface area contributed by atoms with E-state index >= 15 is 0 Å². The highest BCUT2D eigenvalue weighted by atomic mass is 16.6. The molecule has 1 aliphatic heterocycles. The number of nitrogens with two attached hydrogens (primary N) is 1. The van der Waals surface area contributed by atoms with Crippen molar-refractivity contribution in [2.45, 2.75) is 24.5 Å². The highest BCUT2D eigenvalue weighted by molar-refractivity contribution is 5.84. The summed E-state index contributed by atoms with van der Waals surface area (Å²) in [4.78, 5) is 8.03. The molecule has 8 nitrogen and oxygen atoms in total. The fraction of sp³-hybridized carbons (Fsp3) is 0.455. The number of pyridine rings is 1. The number of aromatic nitrogens is 3. The van der Waals surface area contributed by atoms with Crippen molar-refractivity contribution >= 4 is 16.9 Å². The van der Waals surface area contributed by atoms with Crippen LogP contribution in [0, 0.1) is 0 Å². The number of aliphatic hydroxyl groups is 3. The minimum atomic E-state index is -1.15. The average Bonchev–Trinajstić information content (AvgIpc) is 2.94. The number of imidazole rings is 1. The summed E-state index contributed by atoms with van der Waals surface area (Å²) in [6.45, 7) is -0.370. The molecule has 0 spiro atoms. The van der Waals surface area contributed by atoms with Crippen LogP contribution in [-0.4, -0.2) is 54.8 Å². The molecule has 0 bridgehead atoms. The first-order valence-corrected chi connectivity index (χ1v) is 5.83. The number of rotatable bonds is 2. The number of nitrogens with zero attached hydrogens (tertiary/aromatic N) is 3. The first kappa shape index (κ1) is 12.3. The van der Waals surface area contributed by atoms with Crippen molar-refractivity contribution in [3.8, 4) is 0 Å². The fourth-order valence-corrected chi connectivity index (χ4v) is 2.29. The molecule has 2 aromatic heterocycles. The molecule has 0 aromatic carbocycles. The molecule has 3 heterocycles. The van der Waals surface area contributed by atoms with Crippen LogP contribution in [0.15, 0.2) is 18.6 Å². The Kier molecular flexibility index (Phi) is 2.86. The van der Waals surface area contributed by atoms with Crippen molar-refractivity contribution in [1.29, 1.82) is 0 Å². The topological polar surface area (TPSA) is 127 Å². The van der Waals surface area contributed by atoms with Gasteiger partial charge < -0.3 is 30.4 Å². The van der Waals surface area contributed by atoms with Crippen LogP contribution in [0.4, 0.5) is 5.82 Å². The fourth-order valence-electron chi connectivity index (χ4n) is 2.29. The first-order chi connectivity index (χ1) is 9.13. The molecular formula is C11H14N4O4. The summed E-state index contributed by atoms with van der Waals surface area (Å²) in [6, 6.07) is 1.69. The van der Waals surface area contributed by atoms with E-state index in [1.54, 1.807) is 10.6 Å². The van der Waals surface area contributed by atoms with Crippen LogP contribution in [0.3, 0.4) is 0 Å². The molecular weight excluding hydrogens is 252 g/mol. The number of aliphatic hydroxyl groups excluding tert-OH is 3. The largest absolute Gasteiger partial charge is 0.394 e. The van der Waals surface area contributed by atoms with E-state index in [4.69, 9.17) is 15.6 Å². The zero-order valence-corrected chi connectivity index (χ0v) is 9.92. The van der Waals surface area contributed by atoms with E-state index in [-0.39, 0.29) is 12.4 Å². The molecule has 1 fully saturated rings. The molecule has 0 aliphatic carbocycles. The van der Waals surface area contributed by atoms with Crippen molar-refractivity contribution in [3.05, 3.63) is 18.6 Å². The SMILES string of the molecule is Nc1nccc2c1ncn2[C@@H]1O[C@@H](CO)[C@@H](O)[C@H]1O. The predicted octanol–water partition coefficient (Wildman–Crippen LogP) is -1.38. The Morgan fingerprint density at radius 1 is 1.32 bits per heavy atom. The molecule has 0 saturated carbocycles. The normalized spacial score (nSPS) is 31.1. The van der Waals surface area contributed by atoms with Gasteiger partial charge in [0.1, 0.15) is 23.8 Å². The number of hydrogen-bond acceptors (Lipinski definition) is 7. The van der Waals surface area contributed by atoms with Gasteiger partial charge in [0, 0.05) is 6.20 Å². The molecule has 1 saturated heterocycles. The van der Waals surface area contributed by atoms with Crippen molar-refractivity contribution in [2.24, 2.45) is 0 Å². The number of fused-ring (bicyclic) bond motifs is 1. The van der Waals surface area contributed by atoms with Gasteiger partial charge in [-0.3, -0.25) is 0 Å². The second kappa shape index (κ2) is 4.42. The van der Waals surface area contributed by atoms with Crippen LogP contribution in [0.1, 0.15) is 6.23 Å². The van der Waals surface area contributed by atoms with Crippen LogP contribution in [0.25, 0.3) is 11.0 Å². The Hall–Kier alpha value is -1.74. The second-order valence-corrected chi connectivity index (χ2v) is 4.44. The van der Waals surface area contributed by atoms with Crippen molar-refractivity contribution in [1.82, 2.24) is 14.5 Å². The minimum Gasteiger partial charge on any atom is -0.394 e. The van der Waals surface area contributed by atoms with Gasteiger partial charge in [0.05, 0.1) is 18.5 Å². The molecule has 3 rings (SSSR count). The third-order valence-electron chi connectivity index (χ3n) is 3.31. The Morgan fingerprint density at radius 2 is 2.11 bits per heavy atom. The standard InChI is InChI=1S/C11H14N4O4/c12-10-7-5(1-2-13-10)15(4-14-7)11-9(18)8(17)6(3-16)19-11/h1-2,4,6,8-9,11,16-18H,3H2,(H2,12,13)/t6-,8+,9+,11+/m0/s1. The number of ether oxygens (including phenoxy) is 1. The van der Waals surface area contributed by atoms with Gasteiger partial charge in [-0.1, -0.05) is 0 Å². The van der Waals surface area contributed by atoms with E-state index in [9.17, 15) is 10.2 Å². The molecule has 4 atom stereocenters. The third kappa shape index (κ3) is 1.77. The van der Waals surface area contributed by atoms with Gasteiger partial charge in [-0.05, 0) is 6.07 Å². The maximum absolute atomic E-state index is 9.98. The summed E-state index contributed by atoms with van der Waals surface area (Å²) in [5, 5.41) is 28.8. The zero-order valence-electron chi connectivity index (χ0n) is 9.92. The smallest absolute Gasteiger partial charge is 0.164 e. The molecule has 0 unspecified atom stereocenters. The monoisotopic (exact) mass is 266 g/mol. The second-order valence-electron chi connectivity index (χ2n) is 4.44. The van der Waals surface area contributed by atoms with Crippen molar-refractivity contribution < 1.29 is 20.1 Å². The third-order valence-corrected chi connectivity index (χ3v) is 3.31. The number of nitrogen functional groups attached to an aromatic ring is 1. The average molecular weight is 266 g/mol. The maximum Gasteiger partial charge on any atom is 0.164 e. The van der Waals surface area contributed by atoms with Crippen LogP contribution in [0.2, 0.25) is 0 Å². The summed E-state index contributed by atoms with van der Waals surface area (Å²) in [6.07, 6.45) is -0.952. The van der Waals surface area contributed by atoms with Gasteiger partial charge in [-0.15, -0.1) is 0 Å². The number of anilines is 1. The van der Waals surface area contributed by atoms with Gasteiger partial charge >= 0.3 is 0 Å². The molecule has 0 radical (unpaired) electrons. The number of hydrogen-bond donors (Lipinski definition) is 4. The van der Waals surface area contributed by atoms with Gasteiger partial charge in [0.25, 0.3) is 0 Å². The maximum atomic E-state index is 9.98. The molecule has 2 aromatic rings. The summed E-state index contributed by atoms with van der Waals surface area (Å²) in [5.41, 5.74) is 6.85. The Bertz CT molecular complexity index is 601.